The van der Waals surface area contributed by atoms with Crippen LogP contribution in [-0.4, -0.2) is 19.7 Å². The summed E-state index contributed by atoms with van der Waals surface area (Å²) < 4.78 is 24.7. The maximum Gasteiger partial charge on any atom is 0.209 e. The third-order valence-corrected chi connectivity index (χ3v) is 3.51. The molecule has 0 atom stereocenters. The van der Waals surface area contributed by atoms with Gasteiger partial charge < -0.3 is 0 Å². The number of aryl methyl sites for hydroxylation is 2. The first kappa shape index (κ1) is 13.1. The second-order valence-electron chi connectivity index (χ2n) is 4.10. The maximum atomic E-state index is 11.1. The average Bonchev–Trinajstić information content (AvgIpc) is 2.13. The van der Waals surface area contributed by atoms with E-state index in [0.717, 1.165) is 28.1 Å². The molecule has 90 valence electrons. The Bertz CT molecular complexity index is 481. The van der Waals surface area contributed by atoms with Crippen molar-refractivity contribution < 1.29 is 8.42 Å². The van der Waals surface area contributed by atoms with E-state index in [0.29, 0.717) is 6.54 Å². The third-order valence-electron chi connectivity index (χ3n) is 2.84. The second kappa shape index (κ2) is 4.51. The molecule has 16 heavy (non-hydrogen) atoms. The summed E-state index contributed by atoms with van der Waals surface area (Å²) in [6.07, 6.45) is 1.17. The minimum absolute atomic E-state index is 0.334. The Morgan fingerprint density at radius 2 is 1.50 bits per heavy atom. The highest BCUT2D eigenvalue weighted by atomic mass is 32.2. The summed E-state index contributed by atoms with van der Waals surface area (Å²) in [5.74, 6) is 0. The van der Waals surface area contributed by atoms with Gasteiger partial charge in [-0.05, 0) is 44.4 Å². The molecule has 0 fully saturated rings. The van der Waals surface area contributed by atoms with Crippen molar-refractivity contribution in [2.45, 2.75) is 34.2 Å². The van der Waals surface area contributed by atoms with Gasteiger partial charge in [0, 0.05) is 17.9 Å². The van der Waals surface area contributed by atoms with Gasteiger partial charge in [-0.25, -0.2) is 13.1 Å². The van der Waals surface area contributed by atoms with Gasteiger partial charge in [-0.15, -0.1) is 0 Å². The first-order chi connectivity index (χ1) is 7.22. The zero-order valence-corrected chi connectivity index (χ0v) is 11.2. The molecule has 0 radical (unpaired) electrons. The highest BCUT2D eigenvalue weighted by molar-refractivity contribution is 7.88. The van der Waals surface area contributed by atoms with Gasteiger partial charge in [0.15, 0.2) is 0 Å². The van der Waals surface area contributed by atoms with E-state index < -0.39 is 10.0 Å². The summed E-state index contributed by atoms with van der Waals surface area (Å²) in [6, 6.07) is 0. The summed E-state index contributed by atoms with van der Waals surface area (Å²) in [6.45, 7) is 8.14. The number of aromatic nitrogens is 1. The average molecular weight is 242 g/mol. The Morgan fingerprint density at radius 3 is 1.88 bits per heavy atom. The molecule has 0 saturated heterocycles. The molecular formula is C11H18N2O2S. The molecule has 1 aromatic rings. The molecule has 0 aliphatic heterocycles. The zero-order valence-electron chi connectivity index (χ0n) is 10.4. The van der Waals surface area contributed by atoms with Crippen molar-refractivity contribution in [3.63, 3.8) is 0 Å². The van der Waals surface area contributed by atoms with Gasteiger partial charge in [0.1, 0.15) is 0 Å². The quantitative estimate of drug-likeness (QED) is 0.870. The monoisotopic (exact) mass is 242 g/mol. The minimum atomic E-state index is -3.15. The molecule has 0 aliphatic rings. The van der Waals surface area contributed by atoms with Gasteiger partial charge in [-0.2, -0.15) is 0 Å². The zero-order chi connectivity index (χ0) is 12.5. The fourth-order valence-corrected chi connectivity index (χ4v) is 2.01. The predicted octanol–water partition coefficient (Wildman–Crippen LogP) is 1.36. The van der Waals surface area contributed by atoms with Crippen LogP contribution in [0.25, 0.3) is 0 Å². The van der Waals surface area contributed by atoms with Crippen LogP contribution in [0.5, 0.6) is 0 Å². The van der Waals surface area contributed by atoms with Gasteiger partial charge in [-0.3, -0.25) is 4.98 Å². The number of hydrogen-bond acceptors (Lipinski definition) is 3. The molecular weight excluding hydrogens is 224 g/mol. The molecule has 1 heterocycles. The van der Waals surface area contributed by atoms with E-state index in [2.05, 4.69) is 9.71 Å². The summed E-state index contributed by atoms with van der Waals surface area (Å²) in [5.41, 5.74) is 5.04. The van der Waals surface area contributed by atoms with E-state index in [-0.39, 0.29) is 0 Å². The van der Waals surface area contributed by atoms with Gasteiger partial charge in [-0.1, -0.05) is 0 Å². The number of rotatable bonds is 3. The molecule has 0 bridgehead atoms. The predicted molar refractivity (Wildman–Crippen MR) is 64.9 cm³/mol. The minimum Gasteiger partial charge on any atom is -0.258 e. The highest BCUT2D eigenvalue weighted by Crippen LogP contribution is 2.18. The molecule has 1 N–H and O–H groups in total. The van der Waals surface area contributed by atoms with E-state index in [1.807, 2.05) is 27.7 Å². The molecule has 1 rings (SSSR count). The summed E-state index contributed by atoms with van der Waals surface area (Å²) in [4.78, 5) is 4.40. The Kier molecular flexibility index (Phi) is 3.70. The maximum absolute atomic E-state index is 11.1. The lowest BCUT2D eigenvalue weighted by molar-refractivity contribution is 0.587. The molecule has 0 spiro atoms. The van der Waals surface area contributed by atoms with E-state index in [1.54, 1.807) is 0 Å². The largest absolute Gasteiger partial charge is 0.258 e. The smallest absolute Gasteiger partial charge is 0.209 e. The Morgan fingerprint density at radius 1 is 1.06 bits per heavy atom. The Labute approximate surface area is 97.2 Å². The van der Waals surface area contributed by atoms with Crippen LogP contribution in [0.1, 0.15) is 28.1 Å². The second-order valence-corrected chi connectivity index (χ2v) is 5.94. The van der Waals surface area contributed by atoms with Crippen molar-refractivity contribution in [1.29, 1.82) is 0 Å². The highest BCUT2D eigenvalue weighted by Gasteiger charge is 2.11. The molecule has 4 nitrogen and oxygen atoms in total. The molecule has 0 unspecified atom stereocenters. The van der Waals surface area contributed by atoms with Crippen LogP contribution in [0.2, 0.25) is 0 Å². The molecule has 1 aromatic heterocycles. The van der Waals surface area contributed by atoms with E-state index in [9.17, 15) is 8.42 Å². The van der Waals surface area contributed by atoms with Crippen molar-refractivity contribution in [3.8, 4) is 0 Å². The third kappa shape index (κ3) is 3.02. The number of nitrogens with one attached hydrogen (secondary N) is 1. The molecule has 0 saturated carbocycles. The molecule has 0 aliphatic carbocycles. The number of hydrogen-bond donors (Lipinski definition) is 1. The fourth-order valence-electron chi connectivity index (χ4n) is 1.61. The topological polar surface area (TPSA) is 59.1 Å². The number of pyridine rings is 1. The Balaban J connectivity index is 3.13. The van der Waals surface area contributed by atoms with Crippen molar-refractivity contribution in [2.24, 2.45) is 0 Å². The fraction of sp³-hybridized carbons (Fsp3) is 0.545. The lowest BCUT2D eigenvalue weighted by Gasteiger charge is -2.14. The van der Waals surface area contributed by atoms with E-state index in [1.165, 1.54) is 6.26 Å². The van der Waals surface area contributed by atoms with Crippen molar-refractivity contribution in [1.82, 2.24) is 9.71 Å². The van der Waals surface area contributed by atoms with Gasteiger partial charge in [0.2, 0.25) is 10.0 Å². The molecule has 5 heteroatoms. The SMILES string of the molecule is Cc1nc(C)c(C)c(CNS(C)(=O)=O)c1C. The first-order valence-corrected chi connectivity index (χ1v) is 6.99. The van der Waals surface area contributed by atoms with Gasteiger partial charge in [0.25, 0.3) is 0 Å². The van der Waals surface area contributed by atoms with Gasteiger partial charge >= 0.3 is 0 Å². The number of sulfonamides is 1. The van der Waals surface area contributed by atoms with Crippen molar-refractivity contribution in [3.05, 3.63) is 28.1 Å². The van der Waals surface area contributed by atoms with Crippen LogP contribution in [0.3, 0.4) is 0 Å². The molecule has 0 amide bonds. The normalized spacial score (nSPS) is 11.8. The van der Waals surface area contributed by atoms with Crippen LogP contribution in [0, 0.1) is 27.7 Å². The Hall–Kier alpha value is -0.940. The summed E-state index contributed by atoms with van der Waals surface area (Å²) in [7, 11) is -3.15. The van der Waals surface area contributed by atoms with Gasteiger partial charge in [0.05, 0.1) is 6.26 Å². The van der Waals surface area contributed by atoms with Crippen LogP contribution in [0.15, 0.2) is 0 Å². The first-order valence-electron chi connectivity index (χ1n) is 5.10. The van der Waals surface area contributed by atoms with Crippen molar-refractivity contribution >= 4 is 10.0 Å². The molecule has 0 aromatic carbocycles. The van der Waals surface area contributed by atoms with Crippen LogP contribution in [0.4, 0.5) is 0 Å². The lowest BCUT2D eigenvalue weighted by atomic mass is 10.0. The van der Waals surface area contributed by atoms with Crippen LogP contribution >= 0.6 is 0 Å². The van der Waals surface area contributed by atoms with E-state index >= 15 is 0 Å². The standard InChI is InChI=1S/C11H18N2O2S/c1-7-9(3)13-10(4)8(2)11(7)6-12-16(5,14)15/h12H,6H2,1-5H3. The van der Waals surface area contributed by atoms with Crippen LogP contribution in [-0.2, 0) is 16.6 Å². The van der Waals surface area contributed by atoms with Crippen LogP contribution < -0.4 is 4.72 Å². The summed E-state index contributed by atoms with van der Waals surface area (Å²) in [5, 5.41) is 0. The van der Waals surface area contributed by atoms with E-state index in [4.69, 9.17) is 0 Å². The summed E-state index contributed by atoms with van der Waals surface area (Å²) >= 11 is 0. The van der Waals surface area contributed by atoms with Crippen molar-refractivity contribution in [2.75, 3.05) is 6.26 Å². The number of nitrogens with zero attached hydrogens (tertiary/aromatic N) is 1. The lowest BCUT2D eigenvalue weighted by Crippen LogP contribution is -2.23.